The number of nitrogens with one attached hydrogen (secondary N) is 2. The molecular formula is C12H12Cl2N2O4. The molecule has 1 aliphatic heterocycles. The molecule has 2 amide bonds. The smallest absolute Gasteiger partial charge is 0.319 e. The van der Waals surface area contributed by atoms with Crippen molar-refractivity contribution in [1.29, 1.82) is 0 Å². The third-order valence-corrected chi connectivity index (χ3v) is 3.55. The maximum Gasteiger partial charge on any atom is 0.319 e. The first-order valence-corrected chi connectivity index (χ1v) is 6.56. The number of hydrogen-bond donors (Lipinski definition) is 3. The molecular weight excluding hydrogens is 307 g/mol. The molecule has 0 saturated carbocycles. The summed E-state index contributed by atoms with van der Waals surface area (Å²) in [5.74, 6) is -1.77. The number of carboxylic acids is 1. The molecule has 0 aromatic heterocycles. The minimum absolute atomic E-state index is 0.0765. The van der Waals surface area contributed by atoms with E-state index >= 15 is 0 Å². The third-order valence-electron chi connectivity index (χ3n) is 2.92. The zero-order valence-electron chi connectivity index (χ0n) is 10.2. The van der Waals surface area contributed by atoms with Gasteiger partial charge in [-0.15, -0.1) is 0 Å². The molecule has 108 valence electrons. The SMILES string of the molecule is O=C(Nc1c(Cl)cccc1Cl)NC1COCC1C(=O)O. The molecule has 0 radical (unpaired) electrons. The molecule has 20 heavy (non-hydrogen) atoms. The first-order chi connectivity index (χ1) is 9.49. The number of hydrogen-bond acceptors (Lipinski definition) is 3. The van der Waals surface area contributed by atoms with Crippen LogP contribution in [0.1, 0.15) is 0 Å². The third kappa shape index (κ3) is 3.33. The van der Waals surface area contributed by atoms with Gasteiger partial charge >= 0.3 is 12.0 Å². The Labute approximate surface area is 125 Å². The average molecular weight is 319 g/mol. The second-order valence-electron chi connectivity index (χ2n) is 4.28. The Hall–Kier alpha value is -1.50. The van der Waals surface area contributed by atoms with Gasteiger partial charge in [0.1, 0.15) is 5.92 Å². The number of anilines is 1. The van der Waals surface area contributed by atoms with Crippen molar-refractivity contribution in [2.45, 2.75) is 6.04 Å². The number of para-hydroxylation sites is 1. The van der Waals surface area contributed by atoms with Crippen LogP contribution in [0.5, 0.6) is 0 Å². The van der Waals surface area contributed by atoms with Crippen molar-refractivity contribution in [1.82, 2.24) is 5.32 Å². The Morgan fingerprint density at radius 2 is 1.90 bits per heavy atom. The summed E-state index contributed by atoms with van der Waals surface area (Å²) in [7, 11) is 0. The largest absolute Gasteiger partial charge is 0.481 e. The summed E-state index contributed by atoms with van der Waals surface area (Å²) in [5, 5.41) is 14.6. The monoisotopic (exact) mass is 318 g/mol. The molecule has 1 fully saturated rings. The van der Waals surface area contributed by atoms with Crippen LogP contribution in [0.2, 0.25) is 10.0 Å². The number of carbonyl (C=O) groups excluding carboxylic acids is 1. The van der Waals surface area contributed by atoms with E-state index in [1.807, 2.05) is 0 Å². The zero-order valence-corrected chi connectivity index (χ0v) is 11.7. The summed E-state index contributed by atoms with van der Waals surface area (Å²) in [4.78, 5) is 22.8. The lowest BCUT2D eigenvalue weighted by Gasteiger charge is -2.17. The Morgan fingerprint density at radius 1 is 1.25 bits per heavy atom. The van der Waals surface area contributed by atoms with Gasteiger partial charge in [0.25, 0.3) is 0 Å². The van der Waals surface area contributed by atoms with Gasteiger partial charge in [0.15, 0.2) is 0 Å². The first-order valence-electron chi connectivity index (χ1n) is 5.81. The maximum absolute atomic E-state index is 11.9. The molecule has 0 spiro atoms. The summed E-state index contributed by atoms with van der Waals surface area (Å²) >= 11 is 11.8. The number of ether oxygens (including phenoxy) is 1. The van der Waals surface area contributed by atoms with Crippen LogP contribution < -0.4 is 10.6 Å². The van der Waals surface area contributed by atoms with Crippen molar-refractivity contribution in [3.63, 3.8) is 0 Å². The van der Waals surface area contributed by atoms with Crippen LogP contribution >= 0.6 is 23.2 Å². The van der Waals surface area contributed by atoms with E-state index in [1.54, 1.807) is 18.2 Å². The summed E-state index contributed by atoms with van der Waals surface area (Å²) in [6, 6.07) is 3.65. The fourth-order valence-corrected chi connectivity index (χ4v) is 2.37. The molecule has 6 nitrogen and oxygen atoms in total. The van der Waals surface area contributed by atoms with Gasteiger partial charge in [0.2, 0.25) is 0 Å². The van der Waals surface area contributed by atoms with Gasteiger partial charge in [-0.25, -0.2) is 4.79 Å². The van der Waals surface area contributed by atoms with Gasteiger partial charge in [-0.1, -0.05) is 29.3 Å². The fraction of sp³-hybridized carbons (Fsp3) is 0.333. The zero-order chi connectivity index (χ0) is 14.7. The van der Waals surface area contributed by atoms with E-state index < -0.39 is 24.0 Å². The highest BCUT2D eigenvalue weighted by atomic mass is 35.5. The molecule has 2 rings (SSSR count). The van der Waals surface area contributed by atoms with Gasteiger partial charge in [-0.3, -0.25) is 4.79 Å². The maximum atomic E-state index is 11.9. The number of benzene rings is 1. The van der Waals surface area contributed by atoms with E-state index in [2.05, 4.69) is 10.6 Å². The normalized spacial score (nSPS) is 21.5. The number of urea groups is 1. The van der Waals surface area contributed by atoms with E-state index in [-0.39, 0.29) is 18.9 Å². The van der Waals surface area contributed by atoms with Gasteiger partial charge in [-0.2, -0.15) is 0 Å². The molecule has 1 saturated heterocycles. The molecule has 8 heteroatoms. The number of carbonyl (C=O) groups is 2. The molecule has 0 aliphatic carbocycles. The lowest BCUT2D eigenvalue weighted by atomic mass is 10.0. The fourth-order valence-electron chi connectivity index (χ4n) is 1.88. The Kier molecular flexibility index (Phi) is 4.69. The van der Waals surface area contributed by atoms with Crippen molar-refractivity contribution < 1.29 is 19.4 Å². The van der Waals surface area contributed by atoms with Gasteiger partial charge in [0.05, 0.1) is 35.0 Å². The summed E-state index contributed by atoms with van der Waals surface area (Å²) in [5.41, 5.74) is 0.277. The van der Waals surface area contributed by atoms with Crippen LogP contribution in [0, 0.1) is 5.92 Å². The number of halogens is 2. The van der Waals surface area contributed by atoms with Gasteiger partial charge in [-0.05, 0) is 12.1 Å². The van der Waals surface area contributed by atoms with Crippen LogP contribution in [-0.2, 0) is 9.53 Å². The van der Waals surface area contributed by atoms with E-state index in [0.29, 0.717) is 10.0 Å². The van der Waals surface area contributed by atoms with E-state index in [1.165, 1.54) is 0 Å². The molecule has 1 aromatic carbocycles. The van der Waals surface area contributed by atoms with Gasteiger partial charge < -0.3 is 20.5 Å². The number of rotatable bonds is 3. The summed E-state index contributed by atoms with van der Waals surface area (Å²) in [6.07, 6.45) is 0. The predicted octanol–water partition coefficient (Wildman–Crippen LogP) is 2.21. The van der Waals surface area contributed by atoms with Crippen molar-refractivity contribution in [2.24, 2.45) is 5.92 Å². The second kappa shape index (κ2) is 6.30. The van der Waals surface area contributed by atoms with Crippen molar-refractivity contribution in [3.8, 4) is 0 Å². The number of carboxylic acid groups (broad SMARTS) is 1. The number of aliphatic carboxylic acids is 1. The highest BCUT2D eigenvalue weighted by molar-refractivity contribution is 6.39. The quantitative estimate of drug-likeness (QED) is 0.797. The molecule has 0 bridgehead atoms. The highest BCUT2D eigenvalue weighted by Crippen LogP contribution is 2.29. The van der Waals surface area contributed by atoms with E-state index in [4.69, 9.17) is 33.0 Å². The second-order valence-corrected chi connectivity index (χ2v) is 5.10. The Balaban J connectivity index is 2.01. The summed E-state index contributed by atoms with van der Waals surface area (Å²) in [6.45, 7) is 0.230. The van der Waals surface area contributed by atoms with Crippen molar-refractivity contribution >= 4 is 40.9 Å². The van der Waals surface area contributed by atoms with Crippen molar-refractivity contribution in [2.75, 3.05) is 18.5 Å². The van der Waals surface area contributed by atoms with Crippen LogP contribution in [0.15, 0.2) is 18.2 Å². The lowest BCUT2D eigenvalue weighted by molar-refractivity contribution is -0.142. The van der Waals surface area contributed by atoms with E-state index in [9.17, 15) is 9.59 Å². The van der Waals surface area contributed by atoms with Gasteiger partial charge in [0, 0.05) is 0 Å². The highest BCUT2D eigenvalue weighted by Gasteiger charge is 2.35. The van der Waals surface area contributed by atoms with Crippen LogP contribution in [0.4, 0.5) is 10.5 Å². The molecule has 1 aromatic rings. The molecule has 2 unspecified atom stereocenters. The lowest BCUT2D eigenvalue weighted by Crippen LogP contribution is -2.44. The molecule has 3 N–H and O–H groups in total. The van der Waals surface area contributed by atoms with Crippen LogP contribution in [-0.4, -0.2) is 36.4 Å². The van der Waals surface area contributed by atoms with Crippen LogP contribution in [0.3, 0.4) is 0 Å². The summed E-state index contributed by atoms with van der Waals surface area (Å²) < 4.78 is 5.05. The Morgan fingerprint density at radius 3 is 2.50 bits per heavy atom. The molecule has 1 aliphatic rings. The topological polar surface area (TPSA) is 87.7 Å². The first kappa shape index (κ1) is 14.9. The Bertz CT molecular complexity index is 518. The van der Waals surface area contributed by atoms with E-state index in [0.717, 1.165) is 0 Å². The standard InChI is InChI=1S/C12H12Cl2N2O4/c13-7-2-1-3-8(14)10(7)16-12(19)15-9-5-20-4-6(9)11(17)18/h1-3,6,9H,4-5H2,(H,17,18)(H2,15,16,19). The predicted molar refractivity (Wildman–Crippen MR) is 74.3 cm³/mol. The van der Waals surface area contributed by atoms with Crippen LogP contribution in [0.25, 0.3) is 0 Å². The molecule has 2 atom stereocenters. The minimum atomic E-state index is -1.01. The average Bonchev–Trinajstić information content (AvgIpc) is 2.82. The molecule has 1 heterocycles. The number of amides is 2. The minimum Gasteiger partial charge on any atom is -0.481 e. The van der Waals surface area contributed by atoms with Crippen molar-refractivity contribution in [3.05, 3.63) is 28.2 Å².